The van der Waals surface area contributed by atoms with Crippen LogP contribution in [0, 0.1) is 0 Å². The average molecular weight is 520 g/mol. The number of hydrogen-bond donors (Lipinski definition) is 0. The third-order valence-corrected chi connectivity index (χ3v) is 7.00. The summed E-state index contributed by atoms with van der Waals surface area (Å²) in [5, 5.41) is -0.368. The van der Waals surface area contributed by atoms with Gasteiger partial charge in [0, 0.05) is 21.9 Å². The molecule has 0 amide bonds. The largest absolute Gasteiger partial charge is 0.474 e. The molecule has 0 aliphatic heterocycles. The van der Waals surface area contributed by atoms with E-state index < -0.39 is 18.6 Å². The molecule has 20 heavy (non-hydrogen) atoms. The lowest BCUT2D eigenvalue weighted by Crippen LogP contribution is -2.17. The Balaban J connectivity index is 4.45. The van der Waals surface area contributed by atoms with Gasteiger partial charge in [-0.3, -0.25) is 13.6 Å². The molecular formula is C9H15Br2Cl4O4P. The quantitative estimate of drug-likeness (QED) is 0.269. The van der Waals surface area contributed by atoms with Crippen LogP contribution in [0.5, 0.6) is 0 Å². The van der Waals surface area contributed by atoms with E-state index in [1.165, 1.54) is 0 Å². The first-order valence-electron chi connectivity index (χ1n) is 5.50. The third-order valence-electron chi connectivity index (χ3n) is 1.74. The lowest BCUT2D eigenvalue weighted by atomic mass is 10.5. The van der Waals surface area contributed by atoms with Crippen LogP contribution in [0.15, 0.2) is 0 Å². The maximum absolute atomic E-state index is 12.4. The summed E-state index contributed by atoms with van der Waals surface area (Å²) in [5.74, 6) is 0.313. The van der Waals surface area contributed by atoms with E-state index in [1.54, 1.807) is 0 Å². The summed E-state index contributed by atoms with van der Waals surface area (Å²) in [5.41, 5.74) is 0. The highest BCUT2D eigenvalue weighted by molar-refractivity contribution is 9.12. The van der Waals surface area contributed by atoms with E-state index in [4.69, 9.17) is 60.0 Å². The van der Waals surface area contributed by atoms with Crippen molar-refractivity contribution in [3.63, 3.8) is 0 Å². The molecule has 4 nitrogen and oxygen atoms in total. The van der Waals surface area contributed by atoms with E-state index in [0.717, 1.165) is 0 Å². The second-order valence-electron chi connectivity index (χ2n) is 3.59. The Labute approximate surface area is 155 Å². The number of phosphoric ester groups is 1. The predicted molar refractivity (Wildman–Crippen MR) is 92.7 cm³/mol. The van der Waals surface area contributed by atoms with Crippen LogP contribution >= 0.6 is 86.1 Å². The molecule has 3 atom stereocenters. The van der Waals surface area contributed by atoms with Gasteiger partial charge >= 0.3 is 7.82 Å². The molecule has 0 spiro atoms. The molecule has 0 radical (unpaired) electrons. The van der Waals surface area contributed by atoms with Crippen molar-refractivity contribution in [3.05, 3.63) is 0 Å². The van der Waals surface area contributed by atoms with Gasteiger partial charge in [0.15, 0.2) is 0 Å². The molecule has 3 unspecified atom stereocenters. The standard InChI is InChI=1S/C9H15Br2Cl4O4P/c10-1-7(11)4-17-20(16,18-5-8(14)2-12)19-6-9(15)3-13/h7-9H,1-6H2. The molecule has 0 rings (SSSR count). The molecule has 0 saturated heterocycles. The van der Waals surface area contributed by atoms with Crippen molar-refractivity contribution in [2.75, 3.05) is 36.9 Å². The number of hydrogen-bond acceptors (Lipinski definition) is 4. The van der Waals surface area contributed by atoms with Gasteiger partial charge < -0.3 is 0 Å². The molecule has 0 bridgehead atoms. The van der Waals surface area contributed by atoms with Crippen LogP contribution in [0.4, 0.5) is 0 Å². The Morgan fingerprint density at radius 3 is 1.70 bits per heavy atom. The molecule has 0 aromatic rings. The second kappa shape index (κ2) is 12.6. The SMILES string of the molecule is O=P(OCC(Cl)CCl)(OCC(Cl)CCl)OCC(Br)CBr. The highest BCUT2D eigenvalue weighted by Crippen LogP contribution is 2.50. The maximum atomic E-state index is 12.4. The van der Waals surface area contributed by atoms with Crippen LogP contribution in [-0.4, -0.2) is 52.5 Å². The van der Waals surface area contributed by atoms with Crippen LogP contribution in [0.3, 0.4) is 0 Å². The van der Waals surface area contributed by atoms with E-state index in [9.17, 15) is 4.57 Å². The van der Waals surface area contributed by atoms with Crippen LogP contribution in [0.2, 0.25) is 0 Å². The molecule has 0 saturated carbocycles. The van der Waals surface area contributed by atoms with Gasteiger partial charge in [0.05, 0.1) is 30.6 Å². The third kappa shape index (κ3) is 10.9. The van der Waals surface area contributed by atoms with Gasteiger partial charge in [0.25, 0.3) is 0 Å². The van der Waals surface area contributed by atoms with Crippen LogP contribution in [0.1, 0.15) is 0 Å². The van der Waals surface area contributed by atoms with E-state index >= 15 is 0 Å². The minimum absolute atomic E-state index is 0.0392. The Kier molecular flexibility index (Phi) is 14.0. The fraction of sp³-hybridized carbons (Fsp3) is 1.00. The van der Waals surface area contributed by atoms with Crippen LogP contribution < -0.4 is 0 Å². The van der Waals surface area contributed by atoms with Gasteiger partial charge in [0.1, 0.15) is 0 Å². The van der Waals surface area contributed by atoms with Gasteiger partial charge in [-0.05, 0) is 0 Å². The molecular weight excluding hydrogens is 505 g/mol. The summed E-state index contributed by atoms with van der Waals surface area (Å²) in [6.45, 7) is 0.0129. The van der Waals surface area contributed by atoms with Gasteiger partial charge in [-0.25, -0.2) is 4.57 Å². The van der Waals surface area contributed by atoms with Crippen molar-refractivity contribution in [2.24, 2.45) is 0 Å². The summed E-state index contributed by atoms with van der Waals surface area (Å²) in [6, 6.07) is 0. The summed E-state index contributed by atoms with van der Waals surface area (Å²) in [4.78, 5) is -0.0392. The molecule has 0 fully saturated rings. The highest BCUT2D eigenvalue weighted by atomic mass is 79.9. The van der Waals surface area contributed by atoms with Crippen molar-refractivity contribution < 1.29 is 18.1 Å². The fourth-order valence-electron chi connectivity index (χ4n) is 0.762. The molecule has 0 aliphatic carbocycles. The molecule has 122 valence electrons. The van der Waals surface area contributed by atoms with Gasteiger partial charge in [-0.2, -0.15) is 0 Å². The van der Waals surface area contributed by atoms with Gasteiger partial charge in [-0.15, -0.1) is 46.4 Å². The molecule has 0 aromatic heterocycles. The number of halogens is 6. The first-order chi connectivity index (χ1) is 9.36. The lowest BCUT2D eigenvalue weighted by molar-refractivity contribution is 0.116. The van der Waals surface area contributed by atoms with Crippen molar-refractivity contribution in [1.82, 2.24) is 0 Å². The van der Waals surface area contributed by atoms with E-state index in [-0.39, 0.29) is 36.4 Å². The first kappa shape index (κ1) is 22.2. The van der Waals surface area contributed by atoms with Crippen molar-refractivity contribution in [3.8, 4) is 0 Å². The normalized spacial score (nSPS) is 19.3. The zero-order valence-electron chi connectivity index (χ0n) is 10.3. The molecule has 11 heteroatoms. The van der Waals surface area contributed by atoms with Crippen molar-refractivity contribution in [2.45, 2.75) is 15.6 Å². The zero-order valence-corrected chi connectivity index (χ0v) is 17.4. The monoisotopic (exact) mass is 516 g/mol. The Bertz CT molecular complexity index is 260. The number of phosphoric acid groups is 1. The van der Waals surface area contributed by atoms with Gasteiger partial charge in [0.2, 0.25) is 0 Å². The molecule has 0 heterocycles. The minimum atomic E-state index is -3.76. The summed E-state index contributed by atoms with van der Waals surface area (Å²) in [7, 11) is -3.76. The van der Waals surface area contributed by atoms with Crippen molar-refractivity contribution >= 4 is 86.1 Å². The minimum Gasteiger partial charge on any atom is -0.286 e. The Hall–Kier alpha value is 2.23. The average Bonchev–Trinajstić information content (AvgIpc) is 2.47. The first-order valence-corrected chi connectivity index (χ1v) is 10.9. The van der Waals surface area contributed by atoms with E-state index in [2.05, 4.69) is 31.9 Å². The summed E-state index contributed by atoms with van der Waals surface area (Å²) in [6.07, 6.45) is 0. The second-order valence-corrected chi connectivity index (χ2v) is 9.05. The highest BCUT2D eigenvalue weighted by Gasteiger charge is 2.29. The topological polar surface area (TPSA) is 44.8 Å². The van der Waals surface area contributed by atoms with Crippen LogP contribution in [0.25, 0.3) is 0 Å². The Morgan fingerprint density at radius 2 is 1.35 bits per heavy atom. The zero-order chi connectivity index (χ0) is 15.6. The van der Waals surface area contributed by atoms with Crippen molar-refractivity contribution in [1.29, 1.82) is 0 Å². The summed E-state index contributed by atoms with van der Waals surface area (Å²) < 4.78 is 27.8. The lowest BCUT2D eigenvalue weighted by Gasteiger charge is -2.20. The predicted octanol–water partition coefficient (Wildman–Crippen LogP) is 5.00. The van der Waals surface area contributed by atoms with E-state index in [1.807, 2.05) is 0 Å². The van der Waals surface area contributed by atoms with E-state index in [0.29, 0.717) is 5.33 Å². The Morgan fingerprint density at radius 1 is 0.950 bits per heavy atom. The summed E-state index contributed by atoms with van der Waals surface area (Å²) >= 11 is 29.3. The fourth-order valence-corrected chi connectivity index (χ4v) is 3.08. The smallest absolute Gasteiger partial charge is 0.286 e. The number of rotatable bonds is 12. The van der Waals surface area contributed by atoms with Gasteiger partial charge in [-0.1, -0.05) is 31.9 Å². The molecule has 0 N–H and O–H groups in total. The molecule has 0 aliphatic rings. The molecule has 0 aromatic carbocycles. The maximum Gasteiger partial charge on any atom is 0.474 e. The number of alkyl halides is 6. The van der Waals surface area contributed by atoms with Crippen LogP contribution in [-0.2, 0) is 18.1 Å².